The van der Waals surface area contributed by atoms with E-state index in [2.05, 4.69) is 17.0 Å². The molecule has 0 saturated heterocycles. The van der Waals surface area contributed by atoms with Crippen molar-refractivity contribution in [2.24, 2.45) is 0 Å². The summed E-state index contributed by atoms with van der Waals surface area (Å²) in [7, 11) is -3.36. The summed E-state index contributed by atoms with van der Waals surface area (Å²) in [5.41, 5.74) is 1.02. The monoisotopic (exact) mass is 318 g/mol. The molecular formula is C14H26N2O2S2. The molecule has 1 rings (SSSR count). The van der Waals surface area contributed by atoms with Gasteiger partial charge in [-0.3, -0.25) is 0 Å². The zero-order valence-electron chi connectivity index (χ0n) is 12.6. The molecule has 0 bridgehead atoms. The SMILES string of the molecule is CCCCCC(C)NS(=O)(=O)c1cc(CNCC)cs1. The number of hydrogen-bond acceptors (Lipinski definition) is 4. The summed E-state index contributed by atoms with van der Waals surface area (Å²) in [4.78, 5) is 0. The summed E-state index contributed by atoms with van der Waals surface area (Å²) in [6, 6.07) is 1.75. The molecule has 20 heavy (non-hydrogen) atoms. The van der Waals surface area contributed by atoms with E-state index in [4.69, 9.17) is 0 Å². The second kappa shape index (κ2) is 8.77. The molecule has 1 heterocycles. The van der Waals surface area contributed by atoms with Crippen molar-refractivity contribution in [2.75, 3.05) is 6.54 Å². The van der Waals surface area contributed by atoms with Crippen molar-refractivity contribution in [1.29, 1.82) is 0 Å². The zero-order valence-corrected chi connectivity index (χ0v) is 14.2. The van der Waals surface area contributed by atoms with Gasteiger partial charge in [-0.05, 0) is 36.9 Å². The van der Waals surface area contributed by atoms with E-state index < -0.39 is 10.0 Å². The fourth-order valence-corrected chi connectivity index (χ4v) is 4.44. The Morgan fingerprint density at radius 2 is 2.05 bits per heavy atom. The van der Waals surface area contributed by atoms with Crippen molar-refractivity contribution in [2.45, 2.75) is 63.3 Å². The van der Waals surface area contributed by atoms with E-state index in [9.17, 15) is 8.42 Å². The Hall–Kier alpha value is -0.430. The Labute approximate surface area is 127 Å². The van der Waals surface area contributed by atoms with E-state index in [1.807, 2.05) is 19.2 Å². The quantitative estimate of drug-likeness (QED) is 0.652. The Morgan fingerprint density at radius 1 is 1.30 bits per heavy atom. The summed E-state index contributed by atoms with van der Waals surface area (Å²) in [6.07, 6.45) is 4.26. The average molecular weight is 319 g/mol. The maximum atomic E-state index is 12.2. The van der Waals surface area contributed by atoms with Crippen molar-refractivity contribution >= 4 is 21.4 Å². The standard InChI is InChI=1S/C14H26N2O2S2/c1-4-6-7-8-12(3)16-20(17,18)14-9-13(11-19-14)10-15-5-2/h9,11-12,15-16H,4-8,10H2,1-3H3. The molecular weight excluding hydrogens is 292 g/mol. The molecule has 1 unspecified atom stereocenters. The van der Waals surface area contributed by atoms with Gasteiger partial charge in [0.15, 0.2) is 0 Å². The highest BCUT2D eigenvalue weighted by atomic mass is 32.2. The highest BCUT2D eigenvalue weighted by molar-refractivity contribution is 7.91. The summed E-state index contributed by atoms with van der Waals surface area (Å²) in [5, 5.41) is 5.10. The topological polar surface area (TPSA) is 58.2 Å². The number of hydrogen-bond donors (Lipinski definition) is 2. The van der Waals surface area contributed by atoms with E-state index >= 15 is 0 Å². The molecule has 0 aliphatic carbocycles. The molecule has 0 fully saturated rings. The van der Waals surface area contributed by atoms with Gasteiger partial charge in [0.2, 0.25) is 10.0 Å². The fourth-order valence-electron chi connectivity index (χ4n) is 1.94. The van der Waals surface area contributed by atoms with Crippen LogP contribution in [0.2, 0.25) is 0 Å². The predicted molar refractivity (Wildman–Crippen MR) is 85.6 cm³/mol. The largest absolute Gasteiger partial charge is 0.313 e. The van der Waals surface area contributed by atoms with E-state index in [0.29, 0.717) is 10.8 Å². The number of unbranched alkanes of at least 4 members (excludes halogenated alkanes) is 2. The Balaban J connectivity index is 2.57. The second-order valence-electron chi connectivity index (χ2n) is 5.07. The lowest BCUT2D eigenvalue weighted by molar-refractivity contribution is 0.528. The third-order valence-corrected chi connectivity index (χ3v) is 6.15. The first-order chi connectivity index (χ1) is 9.49. The van der Waals surface area contributed by atoms with Gasteiger partial charge in [-0.15, -0.1) is 11.3 Å². The lowest BCUT2D eigenvalue weighted by Crippen LogP contribution is -2.32. The first-order valence-electron chi connectivity index (χ1n) is 7.30. The Morgan fingerprint density at radius 3 is 2.70 bits per heavy atom. The van der Waals surface area contributed by atoms with Crippen molar-refractivity contribution in [3.8, 4) is 0 Å². The minimum atomic E-state index is -3.36. The highest BCUT2D eigenvalue weighted by Crippen LogP contribution is 2.20. The second-order valence-corrected chi connectivity index (χ2v) is 7.92. The molecule has 0 aromatic carbocycles. The number of nitrogens with one attached hydrogen (secondary N) is 2. The van der Waals surface area contributed by atoms with Crippen molar-refractivity contribution < 1.29 is 8.42 Å². The lowest BCUT2D eigenvalue weighted by Gasteiger charge is -2.12. The molecule has 0 radical (unpaired) electrons. The van der Waals surface area contributed by atoms with Crippen molar-refractivity contribution in [3.63, 3.8) is 0 Å². The van der Waals surface area contributed by atoms with Gasteiger partial charge in [0.05, 0.1) is 0 Å². The van der Waals surface area contributed by atoms with Crippen LogP contribution in [0.5, 0.6) is 0 Å². The maximum absolute atomic E-state index is 12.2. The van der Waals surface area contributed by atoms with Gasteiger partial charge in [0.25, 0.3) is 0 Å². The average Bonchev–Trinajstić information content (AvgIpc) is 2.85. The third-order valence-electron chi connectivity index (χ3n) is 3.07. The van der Waals surface area contributed by atoms with Gasteiger partial charge in [0, 0.05) is 12.6 Å². The summed E-state index contributed by atoms with van der Waals surface area (Å²) < 4.78 is 27.7. The smallest absolute Gasteiger partial charge is 0.250 e. The van der Waals surface area contributed by atoms with Crippen LogP contribution in [0.25, 0.3) is 0 Å². The predicted octanol–water partition coefficient (Wildman–Crippen LogP) is 3.10. The molecule has 4 nitrogen and oxygen atoms in total. The molecule has 0 aliphatic heterocycles. The van der Waals surface area contributed by atoms with Crippen LogP contribution in [0.3, 0.4) is 0 Å². The first kappa shape index (κ1) is 17.6. The van der Waals surface area contributed by atoms with Crippen LogP contribution in [0.4, 0.5) is 0 Å². The van der Waals surface area contributed by atoms with Gasteiger partial charge < -0.3 is 5.32 Å². The van der Waals surface area contributed by atoms with Gasteiger partial charge in [-0.2, -0.15) is 0 Å². The summed E-state index contributed by atoms with van der Waals surface area (Å²) in [6.45, 7) is 7.70. The van der Waals surface area contributed by atoms with E-state index in [-0.39, 0.29) is 6.04 Å². The maximum Gasteiger partial charge on any atom is 0.250 e. The van der Waals surface area contributed by atoms with Gasteiger partial charge in [-0.1, -0.05) is 33.1 Å². The van der Waals surface area contributed by atoms with Gasteiger partial charge >= 0.3 is 0 Å². The molecule has 2 N–H and O–H groups in total. The van der Waals surface area contributed by atoms with E-state index in [1.54, 1.807) is 6.07 Å². The molecule has 0 spiro atoms. The molecule has 0 aliphatic rings. The lowest BCUT2D eigenvalue weighted by atomic mass is 10.1. The van der Waals surface area contributed by atoms with Crippen LogP contribution >= 0.6 is 11.3 Å². The number of sulfonamides is 1. The zero-order chi connectivity index (χ0) is 15.0. The van der Waals surface area contributed by atoms with Crippen LogP contribution in [0.1, 0.15) is 52.0 Å². The molecule has 1 aromatic rings. The molecule has 0 amide bonds. The van der Waals surface area contributed by atoms with Crippen LogP contribution in [0, 0.1) is 0 Å². The van der Waals surface area contributed by atoms with Crippen LogP contribution < -0.4 is 10.0 Å². The van der Waals surface area contributed by atoms with Gasteiger partial charge in [0.1, 0.15) is 4.21 Å². The van der Waals surface area contributed by atoms with Crippen molar-refractivity contribution in [1.82, 2.24) is 10.0 Å². The van der Waals surface area contributed by atoms with E-state index in [1.165, 1.54) is 11.3 Å². The normalized spacial score (nSPS) is 13.6. The highest BCUT2D eigenvalue weighted by Gasteiger charge is 2.19. The molecule has 6 heteroatoms. The van der Waals surface area contributed by atoms with Crippen LogP contribution in [-0.4, -0.2) is 21.0 Å². The Bertz CT molecular complexity index is 483. The fraction of sp³-hybridized carbons (Fsp3) is 0.714. The number of rotatable bonds is 10. The third kappa shape index (κ3) is 5.91. The van der Waals surface area contributed by atoms with E-state index in [0.717, 1.165) is 37.8 Å². The molecule has 1 aromatic heterocycles. The summed E-state index contributed by atoms with van der Waals surface area (Å²) in [5.74, 6) is 0. The van der Waals surface area contributed by atoms with Crippen LogP contribution in [0.15, 0.2) is 15.7 Å². The molecule has 116 valence electrons. The minimum absolute atomic E-state index is 0.00846. The minimum Gasteiger partial charge on any atom is -0.313 e. The van der Waals surface area contributed by atoms with Crippen LogP contribution in [-0.2, 0) is 16.6 Å². The molecule has 1 atom stereocenters. The summed E-state index contributed by atoms with van der Waals surface area (Å²) >= 11 is 1.29. The van der Waals surface area contributed by atoms with Crippen molar-refractivity contribution in [3.05, 3.63) is 17.0 Å². The van der Waals surface area contributed by atoms with Gasteiger partial charge in [-0.25, -0.2) is 13.1 Å². The number of thiophene rings is 1. The Kier molecular flexibility index (Phi) is 7.72. The molecule has 0 saturated carbocycles. The first-order valence-corrected chi connectivity index (χ1v) is 9.66.